The van der Waals surface area contributed by atoms with Gasteiger partial charge < -0.3 is 14.7 Å². The molecule has 1 aliphatic rings. The van der Waals surface area contributed by atoms with Crippen LogP contribution in [0, 0.1) is 16.7 Å². The number of likely N-dealkylation sites (tertiary alicyclic amines) is 1. The molecule has 0 spiro atoms. The van der Waals surface area contributed by atoms with E-state index in [1.165, 1.54) is 17.3 Å². The van der Waals surface area contributed by atoms with Gasteiger partial charge in [-0.15, -0.1) is 0 Å². The Morgan fingerprint density at radius 2 is 2.33 bits per heavy atom. The smallest absolute Gasteiger partial charge is 0.407 e. The molecule has 0 bridgehead atoms. The highest BCUT2D eigenvalue weighted by atomic mass is 16.5. The molecule has 1 fully saturated rings. The van der Waals surface area contributed by atoms with Crippen molar-refractivity contribution in [2.24, 2.45) is 5.41 Å². The minimum Gasteiger partial charge on any atom is -0.485 e. The zero-order chi connectivity index (χ0) is 15.6. The van der Waals surface area contributed by atoms with Gasteiger partial charge in [0.15, 0.2) is 5.75 Å². The first-order chi connectivity index (χ1) is 9.84. The van der Waals surface area contributed by atoms with Crippen molar-refractivity contribution in [1.29, 1.82) is 5.26 Å². The molecule has 1 N–H and O–H groups in total. The van der Waals surface area contributed by atoms with Crippen LogP contribution in [0.2, 0.25) is 0 Å². The monoisotopic (exact) mass is 289 g/mol. The predicted molar refractivity (Wildman–Crippen MR) is 76.0 cm³/mol. The maximum absolute atomic E-state index is 11.2. The van der Waals surface area contributed by atoms with Gasteiger partial charge in [-0.2, -0.15) is 5.26 Å². The number of nitrogens with zero attached hydrogens (tertiary/aromatic N) is 3. The van der Waals surface area contributed by atoms with E-state index in [-0.39, 0.29) is 17.6 Å². The second-order valence-corrected chi connectivity index (χ2v) is 6.22. The number of rotatable bonds is 3. The fourth-order valence-electron chi connectivity index (χ4n) is 2.50. The van der Waals surface area contributed by atoms with E-state index in [4.69, 9.17) is 10.00 Å². The van der Waals surface area contributed by atoms with Crippen LogP contribution in [0.4, 0.5) is 4.79 Å². The van der Waals surface area contributed by atoms with Gasteiger partial charge in [-0.25, -0.2) is 4.79 Å². The van der Waals surface area contributed by atoms with Crippen molar-refractivity contribution in [1.82, 2.24) is 9.88 Å². The molecule has 2 rings (SSSR count). The molecule has 0 saturated carbocycles. The predicted octanol–water partition coefficient (Wildman–Crippen LogP) is 2.50. The average Bonchev–Trinajstić information content (AvgIpc) is 2.35. The number of carboxylic acid groups (broad SMARTS) is 1. The number of hydrogen-bond acceptors (Lipinski definition) is 4. The second kappa shape index (κ2) is 5.60. The molecule has 1 saturated heterocycles. The van der Waals surface area contributed by atoms with Crippen LogP contribution >= 0.6 is 0 Å². The molecule has 1 unspecified atom stereocenters. The molecule has 0 aliphatic carbocycles. The number of carbonyl (C=O) groups is 1. The maximum Gasteiger partial charge on any atom is 0.407 e. The molecule has 1 aromatic heterocycles. The Balaban J connectivity index is 2.26. The summed E-state index contributed by atoms with van der Waals surface area (Å²) in [6.07, 6.45) is 2.52. The van der Waals surface area contributed by atoms with Gasteiger partial charge in [-0.05, 0) is 12.5 Å². The van der Waals surface area contributed by atoms with Crippen molar-refractivity contribution in [2.45, 2.75) is 39.3 Å². The molecule has 6 nitrogen and oxygen atoms in total. The molecule has 2 heterocycles. The number of aromatic nitrogens is 1. The van der Waals surface area contributed by atoms with E-state index in [1.54, 1.807) is 6.07 Å². The summed E-state index contributed by atoms with van der Waals surface area (Å²) in [5, 5.41) is 18.3. The summed E-state index contributed by atoms with van der Waals surface area (Å²) < 4.78 is 6.00. The standard InChI is InChI=1S/C15H19N3O3/c1-15(2,3)13(11-5-7-18(11)14(19)20)21-12-9-17-6-4-10(12)8-16/h4,6,9,11,13H,5,7H2,1-3H3,(H,19,20)/t11-,13?/m0/s1. The van der Waals surface area contributed by atoms with E-state index < -0.39 is 6.09 Å². The highest BCUT2D eigenvalue weighted by molar-refractivity contribution is 5.66. The summed E-state index contributed by atoms with van der Waals surface area (Å²) in [4.78, 5) is 16.6. The molecule has 1 amide bonds. The quantitative estimate of drug-likeness (QED) is 0.923. The summed E-state index contributed by atoms with van der Waals surface area (Å²) in [6, 6.07) is 3.45. The van der Waals surface area contributed by atoms with Gasteiger partial charge in [0.05, 0.1) is 17.8 Å². The Morgan fingerprint density at radius 1 is 1.62 bits per heavy atom. The van der Waals surface area contributed by atoms with E-state index in [0.29, 0.717) is 17.9 Å². The molecule has 1 aliphatic heterocycles. The van der Waals surface area contributed by atoms with Crippen LogP contribution in [0.25, 0.3) is 0 Å². The van der Waals surface area contributed by atoms with Crippen molar-refractivity contribution in [3.8, 4) is 11.8 Å². The number of pyridine rings is 1. The van der Waals surface area contributed by atoms with Crippen LogP contribution in [0.3, 0.4) is 0 Å². The molecule has 2 atom stereocenters. The number of hydrogen-bond donors (Lipinski definition) is 1. The number of nitriles is 1. The first-order valence-corrected chi connectivity index (χ1v) is 6.85. The summed E-state index contributed by atoms with van der Waals surface area (Å²) in [5.74, 6) is 0.400. The minimum absolute atomic E-state index is 0.200. The third-order valence-electron chi connectivity index (χ3n) is 3.67. The summed E-state index contributed by atoms with van der Waals surface area (Å²) >= 11 is 0. The molecule has 0 aromatic carbocycles. The second-order valence-electron chi connectivity index (χ2n) is 6.22. The van der Waals surface area contributed by atoms with Gasteiger partial charge in [-0.1, -0.05) is 20.8 Å². The zero-order valence-electron chi connectivity index (χ0n) is 12.4. The van der Waals surface area contributed by atoms with Crippen LogP contribution in [0.1, 0.15) is 32.8 Å². The van der Waals surface area contributed by atoms with Crippen LogP contribution in [-0.4, -0.2) is 39.8 Å². The molecule has 1 aromatic rings. The van der Waals surface area contributed by atoms with E-state index >= 15 is 0 Å². The summed E-state index contributed by atoms with van der Waals surface area (Å²) in [7, 11) is 0. The van der Waals surface area contributed by atoms with Crippen molar-refractivity contribution in [3.63, 3.8) is 0 Å². The third kappa shape index (κ3) is 3.07. The van der Waals surface area contributed by atoms with Gasteiger partial charge in [0.2, 0.25) is 0 Å². The lowest BCUT2D eigenvalue weighted by atomic mass is 9.80. The first-order valence-electron chi connectivity index (χ1n) is 6.85. The molecule has 112 valence electrons. The first kappa shape index (κ1) is 15.1. The average molecular weight is 289 g/mol. The Kier molecular flexibility index (Phi) is 4.03. The van der Waals surface area contributed by atoms with E-state index in [9.17, 15) is 9.90 Å². The molecular formula is C15H19N3O3. The topological polar surface area (TPSA) is 86.5 Å². The Morgan fingerprint density at radius 3 is 2.81 bits per heavy atom. The van der Waals surface area contributed by atoms with Gasteiger partial charge >= 0.3 is 6.09 Å². The minimum atomic E-state index is -0.934. The summed E-state index contributed by atoms with van der Waals surface area (Å²) in [5.41, 5.74) is 0.141. The third-order valence-corrected chi connectivity index (χ3v) is 3.67. The number of amides is 1. The van der Waals surface area contributed by atoms with Crippen LogP contribution in [0.5, 0.6) is 5.75 Å². The van der Waals surface area contributed by atoms with Crippen molar-refractivity contribution < 1.29 is 14.6 Å². The van der Waals surface area contributed by atoms with Gasteiger partial charge in [0.1, 0.15) is 12.2 Å². The van der Waals surface area contributed by atoms with Crippen molar-refractivity contribution in [3.05, 3.63) is 24.0 Å². The molecular weight excluding hydrogens is 270 g/mol. The maximum atomic E-state index is 11.2. The van der Waals surface area contributed by atoms with Crippen molar-refractivity contribution >= 4 is 6.09 Å². The lowest BCUT2D eigenvalue weighted by molar-refractivity contribution is -0.0392. The van der Waals surface area contributed by atoms with Gasteiger partial charge in [0.25, 0.3) is 0 Å². The van der Waals surface area contributed by atoms with Gasteiger partial charge in [-0.3, -0.25) is 4.98 Å². The highest BCUT2D eigenvalue weighted by Crippen LogP contribution is 2.35. The molecule has 21 heavy (non-hydrogen) atoms. The molecule has 6 heteroatoms. The lowest BCUT2D eigenvalue weighted by Gasteiger charge is -2.47. The van der Waals surface area contributed by atoms with Crippen LogP contribution < -0.4 is 4.74 Å². The normalized spacial score (nSPS) is 19.3. The molecule has 0 radical (unpaired) electrons. The van der Waals surface area contributed by atoms with Crippen molar-refractivity contribution in [2.75, 3.05) is 6.54 Å². The van der Waals surface area contributed by atoms with Crippen LogP contribution in [0.15, 0.2) is 18.5 Å². The zero-order valence-corrected chi connectivity index (χ0v) is 12.4. The van der Waals surface area contributed by atoms with E-state index in [0.717, 1.165) is 6.42 Å². The highest BCUT2D eigenvalue weighted by Gasteiger charge is 2.44. The van der Waals surface area contributed by atoms with E-state index in [1.807, 2.05) is 20.8 Å². The van der Waals surface area contributed by atoms with Gasteiger partial charge in [0, 0.05) is 18.2 Å². The SMILES string of the molecule is CC(C)(C)C(Oc1cnccc1C#N)[C@@H]1CCN1C(=O)O. The number of ether oxygens (including phenoxy) is 1. The largest absolute Gasteiger partial charge is 0.485 e. The fourth-order valence-corrected chi connectivity index (χ4v) is 2.50. The Hall–Kier alpha value is -2.29. The Bertz CT molecular complexity index is 574. The summed E-state index contributed by atoms with van der Waals surface area (Å²) in [6.45, 7) is 6.52. The van der Waals surface area contributed by atoms with Crippen LogP contribution in [-0.2, 0) is 0 Å². The lowest BCUT2D eigenvalue weighted by Crippen LogP contribution is -2.61. The fraction of sp³-hybridized carbons (Fsp3) is 0.533. The van der Waals surface area contributed by atoms with E-state index in [2.05, 4.69) is 11.1 Å². The Labute approximate surface area is 124 Å².